The third kappa shape index (κ3) is 4.79. The molecule has 0 aliphatic carbocycles. The summed E-state index contributed by atoms with van der Waals surface area (Å²) in [6.07, 6.45) is 3.39. The van der Waals surface area contributed by atoms with Gasteiger partial charge in [0.15, 0.2) is 0 Å². The molecule has 0 spiro atoms. The van der Waals surface area contributed by atoms with Gasteiger partial charge in [0.05, 0.1) is 0 Å². The number of phenolic OH excluding ortho intramolecular Hbond substituents is 1. The topological polar surface area (TPSA) is 62.2 Å². The van der Waals surface area contributed by atoms with Crippen LogP contribution in [0.25, 0.3) is 0 Å². The lowest BCUT2D eigenvalue weighted by atomic mass is 10.2. The van der Waals surface area contributed by atoms with Crippen molar-refractivity contribution >= 4 is 5.91 Å². The van der Waals surface area contributed by atoms with Crippen molar-refractivity contribution in [2.75, 3.05) is 0 Å². The Morgan fingerprint density at radius 1 is 1.21 bits per heavy atom. The standard InChI is InChI=1S/C13H12N2O2.C2H6/c16-12-5-3-11(4-6-12)13(17)15-9-10-2-1-7-14-8-10;1-2/h1-8,16H,9H2,(H,15,17);1-2H3. The van der Waals surface area contributed by atoms with E-state index in [4.69, 9.17) is 5.11 Å². The molecule has 1 amide bonds. The van der Waals surface area contributed by atoms with Crippen molar-refractivity contribution in [3.05, 3.63) is 59.9 Å². The minimum absolute atomic E-state index is 0.147. The second-order valence-corrected chi connectivity index (χ2v) is 3.59. The molecule has 0 saturated carbocycles. The molecule has 1 aromatic carbocycles. The van der Waals surface area contributed by atoms with E-state index in [1.807, 2.05) is 26.0 Å². The molecule has 4 heteroatoms. The van der Waals surface area contributed by atoms with Gasteiger partial charge in [-0.1, -0.05) is 19.9 Å². The Balaban J connectivity index is 0.000000861. The summed E-state index contributed by atoms with van der Waals surface area (Å²) in [5, 5.41) is 11.9. The fraction of sp³-hybridized carbons (Fsp3) is 0.200. The summed E-state index contributed by atoms with van der Waals surface area (Å²) in [6, 6.07) is 9.84. The van der Waals surface area contributed by atoms with Crippen LogP contribution >= 0.6 is 0 Å². The van der Waals surface area contributed by atoms with Crippen LogP contribution in [-0.4, -0.2) is 16.0 Å². The highest BCUT2D eigenvalue weighted by molar-refractivity contribution is 5.94. The van der Waals surface area contributed by atoms with Crippen molar-refractivity contribution < 1.29 is 9.90 Å². The minimum atomic E-state index is -0.172. The quantitative estimate of drug-likeness (QED) is 0.889. The lowest BCUT2D eigenvalue weighted by Crippen LogP contribution is -2.22. The van der Waals surface area contributed by atoms with Gasteiger partial charge in [0, 0.05) is 24.5 Å². The largest absolute Gasteiger partial charge is 0.508 e. The second kappa shape index (κ2) is 7.87. The lowest BCUT2D eigenvalue weighted by Gasteiger charge is -2.04. The molecule has 0 fully saturated rings. The number of carbonyl (C=O) groups is 1. The number of phenols is 1. The predicted octanol–water partition coefficient (Wildman–Crippen LogP) is 2.74. The number of benzene rings is 1. The predicted molar refractivity (Wildman–Crippen MR) is 74.9 cm³/mol. The molecule has 0 radical (unpaired) electrons. The highest BCUT2D eigenvalue weighted by atomic mass is 16.3. The molecule has 0 atom stereocenters. The molecular formula is C15H18N2O2. The maximum Gasteiger partial charge on any atom is 0.251 e. The van der Waals surface area contributed by atoms with Gasteiger partial charge < -0.3 is 10.4 Å². The number of hydrogen-bond donors (Lipinski definition) is 2. The van der Waals surface area contributed by atoms with E-state index in [2.05, 4.69) is 10.3 Å². The van der Waals surface area contributed by atoms with Crippen LogP contribution in [0.3, 0.4) is 0 Å². The molecule has 0 aliphatic rings. The Morgan fingerprint density at radius 2 is 1.89 bits per heavy atom. The molecule has 0 unspecified atom stereocenters. The summed E-state index contributed by atoms with van der Waals surface area (Å²) in [6.45, 7) is 4.44. The summed E-state index contributed by atoms with van der Waals surface area (Å²) >= 11 is 0. The summed E-state index contributed by atoms with van der Waals surface area (Å²) < 4.78 is 0. The Morgan fingerprint density at radius 3 is 2.47 bits per heavy atom. The van der Waals surface area contributed by atoms with Gasteiger partial charge in [0.1, 0.15) is 5.75 Å². The van der Waals surface area contributed by atoms with E-state index in [9.17, 15) is 4.79 Å². The Labute approximate surface area is 113 Å². The lowest BCUT2D eigenvalue weighted by molar-refractivity contribution is 0.0951. The van der Waals surface area contributed by atoms with Gasteiger partial charge in [0.25, 0.3) is 5.91 Å². The van der Waals surface area contributed by atoms with Crippen LogP contribution in [-0.2, 0) is 6.54 Å². The van der Waals surface area contributed by atoms with Gasteiger partial charge in [-0.05, 0) is 35.9 Å². The van der Waals surface area contributed by atoms with Crippen molar-refractivity contribution in [2.45, 2.75) is 20.4 Å². The molecule has 0 bridgehead atoms. The number of nitrogens with zero attached hydrogens (tertiary/aromatic N) is 1. The number of carbonyl (C=O) groups excluding carboxylic acids is 1. The zero-order valence-corrected chi connectivity index (χ0v) is 11.1. The zero-order chi connectivity index (χ0) is 14.1. The van der Waals surface area contributed by atoms with E-state index in [1.54, 1.807) is 24.5 Å². The van der Waals surface area contributed by atoms with Crippen LogP contribution in [0, 0.1) is 0 Å². The first-order chi connectivity index (χ1) is 9.25. The third-order valence-corrected chi connectivity index (χ3v) is 2.31. The number of aromatic nitrogens is 1. The number of aromatic hydroxyl groups is 1. The second-order valence-electron chi connectivity index (χ2n) is 3.59. The summed E-state index contributed by atoms with van der Waals surface area (Å²) in [7, 11) is 0. The highest BCUT2D eigenvalue weighted by Crippen LogP contribution is 2.09. The van der Waals surface area contributed by atoms with Crippen LogP contribution in [0.5, 0.6) is 5.75 Å². The van der Waals surface area contributed by atoms with Crippen molar-refractivity contribution in [2.24, 2.45) is 0 Å². The third-order valence-electron chi connectivity index (χ3n) is 2.31. The van der Waals surface area contributed by atoms with Gasteiger partial charge in [-0.25, -0.2) is 0 Å². The van der Waals surface area contributed by atoms with E-state index in [0.29, 0.717) is 12.1 Å². The van der Waals surface area contributed by atoms with Crippen molar-refractivity contribution in [3.8, 4) is 5.75 Å². The SMILES string of the molecule is CC.O=C(NCc1cccnc1)c1ccc(O)cc1. The van der Waals surface area contributed by atoms with E-state index in [0.717, 1.165) is 5.56 Å². The van der Waals surface area contributed by atoms with Crippen molar-refractivity contribution in [1.29, 1.82) is 0 Å². The summed E-state index contributed by atoms with van der Waals surface area (Å²) in [5.41, 5.74) is 1.46. The van der Waals surface area contributed by atoms with Gasteiger partial charge in [-0.15, -0.1) is 0 Å². The molecule has 100 valence electrons. The molecular weight excluding hydrogens is 240 g/mol. The first-order valence-corrected chi connectivity index (χ1v) is 6.22. The average molecular weight is 258 g/mol. The molecule has 2 rings (SSSR count). The number of nitrogens with one attached hydrogen (secondary N) is 1. The van der Waals surface area contributed by atoms with Gasteiger partial charge in [-0.3, -0.25) is 9.78 Å². The fourth-order valence-corrected chi connectivity index (χ4v) is 1.40. The van der Waals surface area contributed by atoms with Crippen LogP contribution in [0.1, 0.15) is 29.8 Å². The highest BCUT2D eigenvalue weighted by Gasteiger charge is 2.04. The number of rotatable bonds is 3. The maximum absolute atomic E-state index is 11.7. The first kappa shape index (κ1) is 14.7. The minimum Gasteiger partial charge on any atom is -0.508 e. The average Bonchev–Trinajstić information content (AvgIpc) is 2.49. The molecule has 1 heterocycles. The Kier molecular flexibility index (Phi) is 6.09. The number of amides is 1. The zero-order valence-electron chi connectivity index (χ0n) is 11.1. The molecule has 19 heavy (non-hydrogen) atoms. The summed E-state index contributed by atoms with van der Waals surface area (Å²) in [4.78, 5) is 15.7. The van der Waals surface area contributed by atoms with Crippen molar-refractivity contribution in [1.82, 2.24) is 10.3 Å². The normalized spacial score (nSPS) is 9.16. The molecule has 0 saturated heterocycles. The van der Waals surface area contributed by atoms with Crippen molar-refractivity contribution in [3.63, 3.8) is 0 Å². The number of hydrogen-bond acceptors (Lipinski definition) is 3. The molecule has 0 aliphatic heterocycles. The van der Waals surface area contributed by atoms with Gasteiger partial charge in [-0.2, -0.15) is 0 Å². The van der Waals surface area contributed by atoms with Gasteiger partial charge >= 0.3 is 0 Å². The summed E-state index contributed by atoms with van der Waals surface area (Å²) in [5.74, 6) is -0.0253. The van der Waals surface area contributed by atoms with E-state index >= 15 is 0 Å². The van der Waals surface area contributed by atoms with Crippen LogP contribution in [0.15, 0.2) is 48.8 Å². The smallest absolute Gasteiger partial charge is 0.251 e. The van der Waals surface area contributed by atoms with E-state index in [-0.39, 0.29) is 11.7 Å². The van der Waals surface area contributed by atoms with E-state index < -0.39 is 0 Å². The van der Waals surface area contributed by atoms with E-state index in [1.165, 1.54) is 12.1 Å². The van der Waals surface area contributed by atoms with Gasteiger partial charge in [0.2, 0.25) is 0 Å². The molecule has 1 aromatic heterocycles. The fourth-order valence-electron chi connectivity index (χ4n) is 1.40. The molecule has 2 aromatic rings. The molecule has 2 N–H and O–H groups in total. The number of pyridine rings is 1. The molecule has 4 nitrogen and oxygen atoms in total. The Hall–Kier alpha value is -2.36. The van der Waals surface area contributed by atoms with Crippen LogP contribution in [0.4, 0.5) is 0 Å². The Bertz CT molecular complexity index is 495. The maximum atomic E-state index is 11.7. The van der Waals surface area contributed by atoms with Crippen LogP contribution in [0.2, 0.25) is 0 Å². The monoisotopic (exact) mass is 258 g/mol. The first-order valence-electron chi connectivity index (χ1n) is 6.22. The van der Waals surface area contributed by atoms with Crippen LogP contribution < -0.4 is 5.32 Å².